The Hall–Kier alpha value is -4.71. The van der Waals surface area contributed by atoms with Crippen LogP contribution in [-0.2, 0) is 28.6 Å². The van der Waals surface area contributed by atoms with Gasteiger partial charge in [0.15, 0.2) is 6.10 Å². The van der Waals surface area contributed by atoms with Crippen molar-refractivity contribution in [3.8, 4) is 0 Å². The van der Waals surface area contributed by atoms with E-state index < -0.39 is 6.10 Å². The van der Waals surface area contributed by atoms with Crippen LogP contribution in [0.5, 0.6) is 0 Å². The van der Waals surface area contributed by atoms with Crippen molar-refractivity contribution in [1.82, 2.24) is 0 Å². The van der Waals surface area contributed by atoms with E-state index >= 15 is 0 Å². The summed E-state index contributed by atoms with van der Waals surface area (Å²) in [4.78, 5) is 38.4. The van der Waals surface area contributed by atoms with Gasteiger partial charge in [-0.1, -0.05) is 295 Å². The zero-order valence-corrected chi connectivity index (χ0v) is 53.9. The third kappa shape index (κ3) is 68.0. The molecule has 6 nitrogen and oxygen atoms in total. The van der Waals surface area contributed by atoms with Gasteiger partial charge < -0.3 is 14.2 Å². The van der Waals surface area contributed by atoms with Crippen LogP contribution in [0.2, 0.25) is 0 Å². The molecule has 0 spiro atoms. The Morgan fingerprint density at radius 2 is 0.434 bits per heavy atom. The molecular formula is C77H126O6. The zero-order chi connectivity index (χ0) is 59.9. The number of unbranched alkanes of at least 4 members (excludes halogenated alkanes) is 26. The molecule has 1 atom stereocenters. The topological polar surface area (TPSA) is 78.9 Å². The van der Waals surface area contributed by atoms with Gasteiger partial charge in [0.25, 0.3) is 0 Å². The maximum absolute atomic E-state index is 12.9. The summed E-state index contributed by atoms with van der Waals surface area (Å²) in [5.74, 6) is -0.966. The summed E-state index contributed by atoms with van der Waals surface area (Å²) >= 11 is 0. The SMILES string of the molecule is CC/C=C\C/C=C\C/C=C\C/C=C\CCCCCCCCCCCCCCCCCCCCCCC(=O)OCC(COC(=O)CCCC/C=C\C/C=C\C/C=C\C/C=C\CC)OC(=O)CCCCCC/C=C\C/C=C\C/C=C\C/C=C\CC. The van der Waals surface area contributed by atoms with E-state index in [1.165, 1.54) is 116 Å². The molecule has 0 aromatic carbocycles. The van der Waals surface area contributed by atoms with Gasteiger partial charge in [-0.25, -0.2) is 0 Å². The van der Waals surface area contributed by atoms with Gasteiger partial charge in [-0.15, -0.1) is 0 Å². The lowest BCUT2D eigenvalue weighted by molar-refractivity contribution is -0.167. The summed E-state index contributed by atoms with van der Waals surface area (Å²) in [6.45, 7) is 6.26. The molecule has 0 saturated carbocycles. The molecule has 470 valence electrons. The molecule has 0 saturated heterocycles. The molecule has 0 heterocycles. The highest BCUT2D eigenvalue weighted by molar-refractivity contribution is 5.71. The molecule has 0 aromatic heterocycles. The van der Waals surface area contributed by atoms with E-state index in [-0.39, 0.29) is 37.5 Å². The van der Waals surface area contributed by atoms with Gasteiger partial charge in [0.2, 0.25) is 0 Å². The number of carbonyl (C=O) groups excluding carboxylic acids is 3. The Kier molecular flexibility index (Phi) is 65.8. The highest BCUT2D eigenvalue weighted by Gasteiger charge is 2.19. The maximum Gasteiger partial charge on any atom is 0.306 e. The number of carbonyl (C=O) groups is 3. The van der Waals surface area contributed by atoms with Crippen LogP contribution >= 0.6 is 0 Å². The minimum absolute atomic E-state index is 0.103. The van der Waals surface area contributed by atoms with Gasteiger partial charge in [-0.05, 0) is 135 Å². The van der Waals surface area contributed by atoms with Crippen molar-refractivity contribution in [2.24, 2.45) is 0 Å². The van der Waals surface area contributed by atoms with E-state index in [1.54, 1.807) is 0 Å². The van der Waals surface area contributed by atoms with E-state index in [1.807, 2.05) is 0 Å². The fraction of sp³-hybridized carbons (Fsp3) is 0.649. The molecule has 0 aliphatic rings. The Bertz CT molecular complexity index is 1800. The number of rotatable bonds is 61. The van der Waals surface area contributed by atoms with Crippen molar-refractivity contribution < 1.29 is 28.6 Å². The minimum atomic E-state index is -0.813. The molecular weight excluding hydrogens is 1020 g/mol. The molecule has 0 N–H and O–H groups in total. The van der Waals surface area contributed by atoms with Crippen LogP contribution in [-0.4, -0.2) is 37.2 Å². The van der Waals surface area contributed by atoms with E-state index in [2.05, 4.69) is 167 Å². The van der Waals surface area contributed by atoms with Gasteiger partial charge >= 0.3 is 17.9 Å². The van der Waals surface area contributed by atoms with Crippen molar-refractivity contribution in [3.63, 3.8) is 0 Å². The monoisotopic (exact) mass is 1150 g/mol. The highest BCUT2D eigenvalue weighted by Crippen LogP contribution is 2.17. The summed E-state index contributed by atoms with van der Waals surface area (Å²) in [5.41, 5.74) is 0. The minimum Gasteiger partial charge on any atom is -0.462 e. The van der Waals surface area contributed by atoms with Crippen molar-refractivity contribution in [1.29, 1.82) is 0 Å². The molecule has 0 aromatic rings. The second-order valence-electron chi connectivity index (χ2n) is 22.3. The third-order valence-corrected chi connectivity index (χ3v) is 14.3. The standard InChI is InChI=1S/C77H126O6/c1-4-7-10-13-16-19-22-25-28-30-31-32-33-34-35-36-37-38-39-40-41-42-43-44-45-47-49-52-55-58-61-64-67-70-76(79)82-73-74(72-81-75(78)69-66-63-60-57-54-51-48-27-24-21-18-15-12-9-6-3)83-77(80)71-68-65-62-59-56-53-50-46-29-26-23-20-17-14-11-8-5-2/h7-12,16-21,25-29,31-32,48,50,53-54,57,74H,4-6,13-15,22-24,30,33-47,49,51-52,55-56,58-73H2,1-3H3/b10-7-,11-8-,12-9-,19-16-,20-17-,21-18-,28-25-,29-26-,32-31-,48-27-,53-50-,57-54-. The van der Waals surface area contributed by atoms with Gasteiger partial charge in [-0.3, -0.25) is 14.4 Å². The molecule has 0 rings (SSSR count). The lowest BCUT2D eigenvalue weighted by atomic mass is 10.0. The van der Waals surface area contributed by atoms with E-state index in [0.717, 1.165) is 141 Å². The first kappa shape index (κ1) is 78.3. The Morgan fingerprint density at radius 3 is 0.699 bits per heavy atom. The summed E-state index contributed by atoms with van der Waals surface area (Å²) in [6.07, 6.45) is 100. The maximum atomic E-state index is 12.9. The molecule has 83 heavy (non-hydrogen) atoms. The average Bonchev–Trinajstić information content (AvgIpc) is 3.49. The van der Waals surface area contributed by atoms with Gasteiger partial charge in [-0.2, -0.15) is 0 Å². The first-order chi connectivity index (χ1) is 41.0. The van der Waals surface area contributed by atoms with Crippen LogP contribution in [0.4, 0.5) is 0 Å². The number of hydrogen-bond donors (Lipinski definition) is 0. The van der Waals surface area contributed by atoms with Crippen molar-refractivity contribution >= 4 is 17.9 Å². The van der Waals surface area contributed by atoms with Crippen molar-refractivity contribution in [3.05, 3.63) is 146 Å². The first-order valence-electron chi connectivity index (χ1n) is 34.3. The highest BCUT2D eigenvalue weighted by atomic mass is 16.6. The molecule has 0 amide bonds. The van der Waals surface area contributed by atoms with E-state index in [4.69, 9.17) is 14.2 Å². The summed E-state index contributed by atoms with van der Waals surface area (Å²) in [6, 6.07) is 0. The fourth-order valence-corrected chi connectivity index (χ4v) is 9.30. The normalized spacial score (nSPS) is 13.0. The van der Waals surface area contributed by atoms with Gasteiger partial charge in [0.1, 0.15) is 13.2 Å². The largest absolute Gasteiger partial charge is 0.462 e. The average molecular weight is 1150 g/mol. The van der Waals surface area contributed by atoms with Crippen LogP contribution in [0.3, 0.4) is 0 Å². The number of hydrogen-bond acceptors (Lipinski definition) is 6. The second kappa shape index (κ2) is 69.8. The van der Waals surface area contributed by atoms with Crippen LogP contribution in [0.1, 0.15) is 303 Å². The predicted molar refractivity (Wildman–Crippen MR) is 362 cm³/mol. The fourth-order valence-electron chi connectivity index (χ4n) is 9.30. The number of allylic oxidation sites excluding steroid dienone is 24. The first-order valence-corrected chi connectivity index (χ1v) is 34.3. The Balaban J connectivity index is 4.25. The lowest BCUT2D eigenvalue weighted by Crippen LogP contribution is -2.30. The Morgan fingerprint density at radius 1 is 0.241 bits per heavy atom. The van der Waals surface area contributed by atoms with Crippen molar-refractivity contribution in [2.45, 2.75) is 309 Å². The van der Waals surface area contributed by atoms with Crippen LogP contribution in [0.15, 0.2) is 146 Å². The molecule has 0 aliphatic carbocycles. The Labute approximate surface area is 512 Å². The zero-order valence-electron chi connectivity index (χ0n) is 53.9. The van der Waals surface area contributed by atoms with Crippen LogP contribution < -0.4 is 0 Å². The van der Waals surface area contributed by atoms with Crippen molar-refractivity contribution in [2.75, 3.05) is 13.2 Å². The summed E-state index contributed by atoms with van der Waals surface area (Å²) in [7, 11) is 0. The molecule has 0 bridgehead atoms. The van der Waals surface area contributed by atoms with E-state index in [9.17, 15) is 14.4 Å². The summed E-state index contributed by atoms with van der Waals surface area (Å²) in [5, 5.41) is 0. The molecule has 1 unspecified atom stereocenters. The molecule has 0 radical (unpaired) electrons. The smallest absolute Gasteiger partial charge is 0.306 e. The lowest BCUT2D eigenvalue weighted by Gasteiger charge is -2.18. The van der Waals surface area contributed by atoms with E-state index in [0.29, 0.717) is 19.3 Å². The molecule has 0 fully saturated rings. The van der Waals surface area contributed by atoms with Gasteiger partial charge in [0.05, 0.1) is 0 Å². The third-order valence-electron chi connectivity index (χ3n) is 14.3. The predicted octanol–water partition coefficient (Wildman–Crippen LogP) is 23.9. The number of ether oxygens (including phenoxy) is 3. The second-order valence-corrected chi connectivity index (χ2v) is 22.3. The summed E-state index contributed by atoms with van der Waals surface area (Å²) < 4.78 is 16.9. The molecule has 6 heteroatoms. The van der Waals surface area contributed by atoms with Crippen LogP contribution in [0.25, 0.3) is 0 Å². The quantitative estimate of drug-likeness (QED) is 0.0261. The molecule has 0 aliphatic heterocycles. The number of esters is 3. The van der Waals surface area contributed by atoms with Gasteiger partial charge in [0, 0.05) is 19.3 Å². The van der Waals surface area contributed by atoms with Crippen LogP contribution in [0, 0.1) is 0 Å².